The van der Waals surface area contributed by atoms with Crippen LogP contribution in [-0.2, 0) is 28.8 Å². The van der Waals surface area contributed by atoms with Crippen molar-refractivity contribution in [3.05, 3.63) is 83.2 Å². The van der Waals surface area contributed by atoms with Crippen LogP contribution in [-0.4, -0.2) is 46.4 Å². The molecule has 8 nitrogen and oxygen atoms in total. The smallest absolute Gasteiger partial charge is 0.385 e. The summed E-state index contributed by atoms with van der Waals surface area (Å²) in [7, 11) is 0. The highest BCUT2D eigenvalue weighted by molar-refractivity contribution is 8.00. The van der Waals surface area contributed by atoms with Gasteiger partial charge in [0.25, 0.3) is 0 Å². The maximum absolute atomic E-state index is 13.5. The van der Waals surface area contributed by atoms with Gasteiger partial charge < -0.3 is 9.57 Å². The van der Waals surface area contributed by atoms with E-state index in [1.54, 1.807) is 6.26 Å². The average molecular weight is 452 g/mol. The molecule has 0 spiro atoms. The second kappa shape index (κ2) is 8.65. The van der Waals surface area contributed by atoms with Crippen LogP contribution in [0.3, 0.4) is 0 Å². The van der Waals surface area contributed by atoms with Crippen molar-refractivity contribution in [2.45, 2.75) is 29.2 Å². The lowest BCUT2D eigenvalue weighted by atomic mass is 9.76. The zero-order valence-electron chi connectivity index (χ0n) is 17.2. The fourth-order valence-corrected chi connectivity index (χ4v) is 4.49. The molecule has 0 aromatic heterocycles. The molecule has 0 N–H and O–H groups in total. The number of ether oxygens (including phenoxy) is 1. The monoisotopic (exact) mass is 452 g/mol. The summed E-state index contributed by atoms with van der Waals surface area (Å²) in [5.74, 6) is -2.93. The molecule has 32 heavy (non-hydrogen) atoms. The molecule has 4 rings (SSSR count). The molecule has 0 saturated carbocycles. The summed E-state index contributed by atoms with van der Waals surface area (Å²) in [5, 5.41) is 0.442. The van der Waals surface area contributed by atoms with Crippen molar-refractivity contribution >= 4 is 29.6 Å². The molecule has 2 aliphatic heterocycles. The van der Waals surface area contributed by atoms with Gasteiger partial charge in [0.05, 0.1) is 5.92 Å². The standard InChI is InChI=1S/C23H20N2O6S/c1-24-23(32-2)15-29-25(20(23)27)31-21(28)22(14-13-18(26)30-22)19(16-9-5-3-6-10-16)17-11-7-4-8-12-17/h3-12,19H,13-15H2,2H3. The van der Waals surface area contributed by atoms with E-state index in [1.165, 1.54) is 0 Å². The molecule has 0 aliphatic carbocycles. The number of esters is 1. The lowest BCUT2D eigenvalue weighted by Crippen LogP contribution is -2.49. The number of amides is 1. The number of benzene rings is 2. The summed E-state index contributed by atoms with van der Waals surface area (Å²) < 4.78 is 5.66. The second-order valence-electron chi connectivity index (χ2n) is 7.43. The van der Waals surface area contributed by atoms with Gasteiger partial charge in [0.1, 0.15) is 0 Å². The molecule has 0 bridgehead atoms. The fourth-order valence-electron chi connectivity index (χ4n) is 3.98. The number of rotatable bonds is 6. The number of hydroxylamine groups is 2. The Hall–Kier alpha value is -3.35. The van der Waals surface area contributed by atoms with Gasteiger partial charge in [-0.05, 0) is 22.6 Å². The second-order valence-corrected chi connectivity index (χ2v) is 8.52. The Morgan fingerprint density at radius 3 is 2.16 bits per heavy atom. The summed E-state index contributed by atoms with van der Waals surface area (Å²) in [6, 6.07) is 18.4. The Balaban J connectivity index is 1.73. The summed E-state index contributed by atoms with van der Waals surface area (Å²) in [6.07, 6.45) is 1.69. The van der Waals surface area contributed by atoms with Crippen molar-refractivity contribution in [1.29, 1.82) is 0 Å². The summed E-state index contributed by atoms with van der Waals surface area (Å²) >= 11 is 1.00. The third-order valence-electron chi connectivity index (χ3n) is 5.64. The molecular formula is C23H20N2O6S. The SMILES string of the molecule is [C-]#[N+]C1(SC)CON(OC(=O)C2(C(c3ccccc3)c3ccccc3)CCC(=O)O2)C1=O. The lowest BCUT2D eigenvalue weighted by molar-refractivity contribution is -0.310. The molecule has 2 atom stereocenters. The minimum absolute atomic E-state index is 0.0247. The third-order valence-corrected chi connectivity index (χ3v) is 6.69. The van der Waals surface area contributed by atoms with Gasteiger partial charge in [-0.2, -0.15) is 0 Å². The minimum Gasteiger partial charge on any atom is -0.446 e. The Bertz CT molecular complexity index is 1030. The first-order chi connectivity index (χ1) is 15.5. The Labute approximate surface area is 189 Å². The van der Waals surface area contributed by atoms with Crippen molar-refractivity contribution in [3.63, 3.8) is 0 Å². The molecule has 2 heterocycles. The molecule has 0 radical (unpaired) electrons. The van der Waals surface area contributed by atoms with E-state index < -0.39 is 34.2 Å². The zero-order chi connectivity index (χ0) is 22.8. The highest BCUT2D eigenvalue weighted by atomic mass is 32.2. The number of thioether (sulfide) groups is 1. The number of carbonyl (C=O) groups is 3. The van der Waals surface area contributed by atoms with Gasteiger partial charge in [0.15, 0.2) is 6.61 Å². The number of hydrogen-bond acceptors (Lipinski definition) is 7. The number of hydrogen-bond donors (Lipinski definition) is 0. The first-order valence-electron chi connectivity index (χ1n) is 9.91. The average Bonchev–Trinajstić information content (AvgIpc) is 3.36. The van der Waals surface area contributed by atoms with Crippen LogP contribution in [0, 0.1) is 6.57 Å². The van der Waals surface area contributed by atoms with E-state index in [9.17, 15) is 14.4 Å². The van der Waals surface area contributed by atoms with Gasteiger partial charge in [-0.25, -0.2) is 16.2 Å². The van der Waals surface area contributed by atoms with E-state index in [2.05, 4.69) is 4.85 Å². The molecule has 2 saturated heterocycles. The lowest BCUT2D eigenvalue weighted by Gasteiger charge is -2.34. The Morgan fingerprint density at radius 2 is 1.72 bits per heavy atom. The Kier molecular flexibility index (Phi) is 5.91. The van der Waals surface area contributed by atoms with Crippen molar-refractivity contribution in [3.8, 4) is 0 Å². The van der Waals surface area contributed by atoms with E-state index in [1.807, 2.05) is 60.7 Å². The zero-order valence-corrected chi connectivity index (χ0v) is 18.0. The number of carbonyl (C=O) groups excluding carboxylic acids is 3. The fraction of sp³-hybridized carbons (Fsp3) is 0.304. The normalized spacial score (nSPS) is 25.0. The van der Waals surface area contributed by atoms with Gasteiger partial charge in [0.2, 0.25) is 5.60 Å². The van der Waals surface area contributed by atoms with Crippen molar-refractivity contribution in [2.75, 3.05) is 12.9 Å². The van der Waals surface area contributed by atoms with Crippen LogP contribution in [0.2, 0.25) is 0 Å². The molecule has 164 valence electrons. The molecular weight excluding hydrogens is 432 g/mol. The molecule has 2 aromatic rings. The first-order valence-corrected chi connectivity index (χ1v) is 11.1. The van der Waals surface area contributed by atoms with Crippen LogP contribution in [0.15, 0.2) is 60.7 Å². The van der Waals surface area contributed by atoms with Crippen molar-refractivity contribution < 1.29 is 28.8 Å². The van der Waals surface area contributed by atoms with Crippen molar-refractivity contribution in [1.82, 2.24) is 5.23 Å². The van der Waals surface area contributed by atoms with Crippen LogP contribution in [0.1, 0.15) is 29.9 Å². The van der Waals surface area contributed by atoms with E-state index in [0.717, 1.165) is 22.9 Å². The van der Waals surface area contributed by atoms with Gasteiger partial charge in [-0.1, -0.05) is 72.4 Å². The molecule has 2 fully saturated rings. The maximum atomic E-state index is 13.5. The first kappa shape index (κ1) is 21.9. The summed E-state index contributed by atoms with van der Waals surface area (Å²) in [6.45, 7) is 7.09. The molecule has 2 aliphatic rings. The predicted octanol–water partition coefficient (Wildman–Crippen LogP) is 3.10. The van der Waals surface area contributed by atoms with Crippen LogP contribution in [0.4, 0.5) is 0 Å². The quantitative estimate of drug-likeness (QED) is 0.492. The number of cyclic esters (lactones) is 1. The highest BCUT2D eigenvalue weighted by Gasteiger charge is 2.61. The largest absolute Gasteiger partial charge is 0.446 e. The number of nitrogens with zero attached hydrogens (tertiary/aromatic N) is 2. The van der Waals surface area contributed by atoms with Crippen LogP contribution in [0.5, 0.6) is 0 Å². The Morgan fingerprint density at radius 1 is 1.12 bits per heavy atom. The van der Waals surface area contributed by atoms with E-state index in [0.29, 0.717) is 5.23 Å². The third kappa shape index (κ3) is 3.61. The van der Waals surface area contributed by atoms with E-state index in [4.69, 9.17) is 21.0 Å². The summed E-state index contributed by atoms with van der Waals surface area (Å²) in [4.78, 5) is 50.9. The van der Waals surface area contributed by atoms with Crippen molar-refractivity contribution in [2.24, 2.45) is 0 Å². The molecule has 1 amide bonds. The highest BCUT2D eigenvalue weighted by Crippen LogP contribution is 2.45. The molecule has 2 aromatic carbocycles. The predicted molar refractivity (Wildman–Crippen MR) is 115 cm³/mol. The summed E-state index contributed by atoms with van der Waals surface area (Å²) in [5.41, 5.74) is -0.205. The van der Waals surface area contributed by atoms with E-state index in [-0.39, 0.29) is 19.4 Å². The van der Waals surface area contributed by atoms with Crippen LogP contribution in [0.25, 0.3) is 4.85 Å². The van der Waals surface area contributed by atoms with Gasteiger partial charge >= 0.3 is 22.7 Å². The molecule has 9 heteroatoms. The van der Waals surface area contributed by atoms with E-state index >= 15 is 0 Å². The van der Waals surface area contributed by atoms with Crippen LogP contribution >= 0.6 is 11.8 Å². The van der Waals surface area contributed by atoms with Gasteiger partial charge in [-0.3, -0.25) is 14.4 Å². The molecule has 2 unspecified atom stereocenters. The van der Waals surface area contributed by atoms with Gasteiger partial charge in [-0.15, -0.1) is 0 Å². The van der Waals surface area contributed by atoms with Gasteiger partial charge in [0, 0.05) is 12.8 Å². The van der Waals surface area contributed by atoms with Crippen LogP contribution < -0.4 is 0 Å². The topological polar surface area (TPSA) is 86.5 Å². The maximum Gasteiger partial charge on any atom is 0.385 e. The minimum atomic E-state index is -1.70.